The summed E-state index contributed by atoms with van der Waals surface area (Å²) in [6.07, 6.45) is 3.90. The predicted molar refractivity (Wildman–Crippen MR) is 106 cm³/mol. The van der Waals surface area contributed by atoms with E-state index < -0.39 is 6.10 Å². The molecular weight excluding hydrogens is 368 g/mol. The summed E-state index contributed by atoms with van der Waals surface area (Å²) in [5.41, 5.74) is 4.65. The molecule has 4 rings (SSSR count). The summed E-state index contributed by atoms with van der Waals surface area (Å²) >= 11 is 2.69. The number of rotatable bonds is 5. The Bertz CT molecular complexity index is 996. The van der Waals surface area contributed by atoms with Gasteiger partial charge in [0.05, 0.1) is 18.1 Å². The van der Waals surface area contributed by atoms with E-state index in [1.165, 1.54) is 47.1 Å². The van der Waals surface area contributed by atoms with E-state index in [-0.39, 0.29) is 17.9 Å². The van der Waals surface area contributed by atoms with Crippen molar-refractivity contribution >= 4 is 33.3 Å². The third-order valence-electron chi connectivity index (χ3n) is 4.70. The maximum atomic E-state index is 12.6. The van der Waals surface area contributed by atoms with E-state index in [9.17, 15) is 9.90 Å². The summed E-state index contributed by atoms with van der Waals surface area (Å²) in [6.45, 7) is -0.305. The van der Waals surface area contributed by atoms with Crippen molar-refractivity contribution in [3.8, 4) is 11.1 Å². The first-order valence-electron chi connectivity index (χ1n) is 8.71. The summed E-state index contributed by atoms with van der Waals surface area (Å²) in [4.78, 5) is 20.6. The van der Waals surface area contributed by atoms with Crippen molar-refractivity contribution in [3.63, 3.8) is 0 Å². The first-order valence-corrected chi connectivity index (χ1v) is 10.6. The zero-order chi connectivity index (χ0) is 18.1. The topological polar surface area (TPSA) is 86.2 Å². The Morgan fingerprint density at radius 3 is 2.88 bits per heavy atom. The predicted octanol–water partition coefficient (Wildman–Crippen LogP) is 2.98. The molecule has 0 spiro atoms. The number of aliphatic hydroxyl groups excluding tert-OH is 2. The fraction of sp³-hybridized carbons (Fsp3) is 0.368. The average molecular weight is 389 g/mol. The number of benzene rings is 1. The van der Waals surface area contributed by atoms with Gasteiger partial charge in [0.1, 0.15) is 4.83 Å². The second kappa shape index (κ2) is 7.52. The monoisotopic (exact) mass is 388 g/mol. The lowest BCUT2D eigenvalue weighted by molar-refractivity contribution is 0.113. The van der Waals surface area contributed by atoms with Crippen LogP contribution in [0.1, 0.15) is 24.0 Å². The van der Waals surface area contributed by atoms with E-state index in [2.05, 4.69) is 28.2 Å². The van der Waals surface area contributed by atoms with Crippen molar-refractivity contribution in [2.45, 2.75) is 36.9 Å². The minimum Gasteiger partial charge on any atom is -0.394 e. The average Bonchev–Trinajstić information content (AvgIpc) is 3.10. The molecule has 0 bridgehead atoms. The van der Waals surface area contributed by atoms with Crippen LogP contribution in [0, 0.1) is 0 Å². The van der Waals surface area contributed by atoms with Crippen molar-refractivity contribution in [2.24, 2.45) is 0 Å². The van der Waals surface area contributed by atoms with Gasteiger partial charge in [-0.2, -0.15) is 0 Å². The minimum absolute atomic E-state index is 0.162. The number of fused-ring (bicyclic) bond motifs is 2. The van der Waals surface area contributed by atoms with Gasteiger partial charge in [-0.1, -0.05) is 30.0 Å². The first kappa shape index (κ1) is 17.7. The van der Waals surface area contributed by atoms with Gasteiger partial charge < -0.3 is 15.2 Å². The number of nitrogens with zero attached hydrogens (tertiary/aromatic N) is 1. The van der Waals surface area contributed by atoms with Gasteiger partial charge in [-0.15, -0.1) is 11.3 Å². The van der Waals surface area contributed by atoms with E-state index in [0.29, 0.717) is 15.4 Å². The molecule has 0 saturated carbocycles. The van der Waals surface area contributed by atoms with Gasteiger partial charge in [-0.05, 0) is 42.4 Å². The molecule has 136 valence electrons. The van der Waals surface area contributed by atoms with Crippen LogP contribution in [0.4, 0.5) is 0 Å². The Balaban J connectivity index is 1.70. The lowest BCUT2D eigenvalue weighted by Gasteiger charge is -2.16. The van der Waals surface area contributed by atoms with Crippen molar-refractivity contribution in [2.75, 3.05) is 12.4 Å². The third kappa shape index (κ3) is 3.44. The molecule has 0 aliphatic heterocycles. The van der Waals surface area contributed by atoms with Gasteiger partial charge in [-0.25, -0.2) is 4.98 Å². The molecule has 3 N–H and O–H groups in total. The molecule has 1 atom stereocenters. The maximum Gasteiger partial charge on any atom is 0.260 e. The molecule has 1 aliphatic carbocycles. The van der Waals surface area contributed by atoms with Gasteiger partial charge in [0.15, 0.2) is 5.16 Å². The summed E-state index contributed by atoms with van der Waals surface area (Å²) in [6, 6.07) is 6.51. The Labute approximate surface area is 159 Å². The number of aromatic amines is 1. The van der Waals surface area contributed by atoms with Crippen LogP contribution in [0.15, 0.2) is 33.5 Å². The highest BCUT2D eigenvalue weighted by Crippen LogP contribution is 2.34. The van der Waals surface area contributed by atoms with E-state index in [4.69, 9.17) is 5.11 Å². The molecule has 5 nitrogen and oxygen atoms in total. The van der Waals surface area contributed by atoms with E-state index in [1.807, 2.05) is 5.38 Å². The van der Waals surface area contributed by atoms with Gasteiger partial charge in [0.25, 0.3) is 5.56 Å². The fourth-order valence-electron chi connectivity index (χ4n) is 3.34. The molecule has 2 heterocycles. The minimum atomic E-state index is -0.824. The van der Waals surface area contributed by atoms with Crippen molar-refractivity contribution in [1.82, 2.24) is 9.97 Å². The smallest absolute Gasteiger partial charge is 0.260 e. The van der Waals surface area contributed by atoms with Crippen LogP contribution in [-0.2, 0) is 12.8 Å². The molecular formula is C19H20N2O3S2. The van der Waals surface area contributed by atoms with Gasteiger partial charge in [-0.3, -0.25) is 4.79 Å². The summed E-state index contributed by atoms with van der Waals surface area (Å²) in [5, 5.41) is 21.4. The summed E-state index contributed by atoms with van der Waals surface area (Å²) in [5.74, 6) is 0.286. The quantitative estimate of drug-likeness (QED) is 0.462. The number of aromatic nitrogens is 2. The van der Waals surface area contributed by atoms with E-state index in [0.717, 1.165) is 24.0 Å². The van der Waals surface area contributed by atoms with Crippen molar-refractivity contribution < 1.29 is 10.2 Å². The number of aliphatic hydroxyl groups is 2. The molecule has 0 radical (unpaired) electrons. The van der Waals surface area contributed by atoms with Crippen LogP contribution < -0.4 is 5.56 Å². The SMILES string of the molecule is O=c1[nH]c(SCC(O)CO)nc2scc(-c3ccc4c(c3)CCCC4)c12. The van der Waals surface area contributed by atoms with Crippen LogP contribution in [0.3, 0.4) is 0 Å². The van der Waals surface area contributed by atoms with Crippen molar-refractivity contribution in [3.05, 3.63) is 45.1 Å². The van der Waals surface area contributed by atoms with E-state index in [1.54, 1.807) is 0 Å². The molecule has 7 heteroatoms. The van der Waals surface area contributed by atoms with Crippen molar-refractivity contribution in [1.29, 1.82) is 0 Å². The molecule has 26 heavy (non-hydrogen) atoms. The zero-order valence-corrected chi connectivity index (χ0v) is 15.8. The summed E-state index contributed by atoms with van der Waals surface area (Å²) in [7, 11) is 0. The largest absolute Gasteiger partial charge is 0.394 e. The lowest BCUT2D eigenvalue weighted by Crippen LogP contribution is -2.16. The number of thioether (sulfide) groups is 1. The van der Waals surface area contributed by atoms with Gasteiger partial charge in [0, 0.05) is 16.7 Å². The number of hydrogen-bond acceptors (Lipinski definition) is 6. The fourth-order valence-corrected chi connectivity index (χ4v) is 5.12. The molecule has 0 amide bonds. The highest BCUT2D eigenvalue weighted by Gasteiger charge is 2.16. The summed E-state index contributed by atoms with van der Waals surface area (Å²) < 4.78 is 0. The number of thiophene rings is 1. The number of aryl methyl sites for hydroxylation is 2. The molecule has 0 saturated heterocycles. The van der Waals surface area contributed by atoms with Crippen LogP contribution in [-0.4, -0.2) is 38.6 Å². The second-order valence-electron chi connectivity index (χ2n) is 6.54. The van der Waals surface area contributed by atoms with Gasteiger partial charge in [0.2, 0.25) is 0 Å². The van der Waals surface area contributed by atoms with Crippen LogP contribution in [0.2, 0.25) is 0 Å². The number of H-pyrrole nitrogens is 1. The number of hydrogen-bond donors (Lipinski definition) is 3. The standard InChI is InChI=1S/C19H20N2O3S2/c22-8-14(23)9-26-19-20-17(24)16-15(10-25-18(16)21-19)13-6-5-11-3-1-2-4-12(11)7-13/h5-7,10,14,22-23H,1-4,8-9H2,(H,20,21,24). The second-order valence-corrected chi connectivity index (χ2v) is 8.41. The molecule has 3 aromatic rings. The highest BCUT2D eigenvalue weighted by molar-refractivity contribution is 7.99. The molecule has 0 fully saturated rings. The first-order chi connectivity index (χ1) is 12.7. The van der Waals surface area contributed by atoms with E-state index >= 15 is 0 Å². The lowest BCUT2D eigenvalue weighted by atomic mass is 9.89. The van der Waals surface area contributed by atoms with Crippen LogP contribution in [0.25, 0.3) is 21.3 Å². The zero-order valence-electron chi connectivity index (χ0n) is 14.2. The molecule has 1 aliphatic rings. The molecule has 1 unspecified atom stereocenters. The highest BCUT2D eigenvalue weighted by atomic mass is 32.2. The normalized spacial score (nSPS) is 15.2. The third-order valence-corrected chi connectivity index (χ3v) is 6.60. The Kier molecular flexibility index (Phi) is 5.13. The maximum absolute atomic E-state index is 12.6. The van der Waals surface area contributed by atoms with Crippen LogP contribution in [0.5, 0.6) is 0 Å². The van der Waals surface area contributed by atoms with Gasteiger partial charge >= 0.3 is 0 Å². The number of nitrogens with one attached hydrogen (secondary N) is 1. The Morgan fingerprint density at radius 2 is 2.08 bits per heavy atom. The Hall–Kier alpha value is -1.67. The molecule has 2 aromatic heterocycles. The Morgan fingerprint density at radius 1 is 1.27 bits per heavy atom. The van der Waals surface area contributed by atoms with Crippen LogP contribution >= 0.6 is 23.1 Å². The molecule has 1 aromatic carbocycles.